The summed E-state index contributed by atoms with van der Waals surface area (Å²) in [7, 11) is 0. The molecule has 0 saturated heterocycles. The normalized spacial score (nSPS) is 13.4. The smallest absolute Gasteiger partial charge is 0.433 e. The van der Waals surface area contributed by atoms with Crippen molar-refractivity contribution in [1.29, 1.82) is 0 Å². The number of rotatable bonds is 5. The Morgan fingerprint density at radius 2 is 2.08 bits per heavy atom. The second kappa shape index (κ2) is 6.18. The molecule has 0 aliphatic heterocycles. The molecule has 0 fully saturated rings. The summed E-state index contributed by atoms with van der Waals surface area (Å²) >= 11 is 0. The van der Waals surface area contributed by atoms with Gasteiger partial charge in [0.2, 0.25) is 0 Å². The third-order valence-corrected chi connectivity index (χ3v) is 3.64. The van der Waals surface area contributed by atoms with Crippen LogP contribution < -0.4 is 0 Å². The summed E-state index contributed by atoms with van der Waals surface area (Å²) in [5.74, 6) is 1.20. The first-order chi connectivity index (χ1) is 11.3. The molecule has 0 spiro atoms. The lowest BCUT2D eigenvalue weighted by Crippen LogP contribution is -2.20. The predicted molar refractivity (Wildman–Crippen MR) is 81.1 cm³/mol. The molecular formula is C16H17F3N4O. The molecule has 5 nitrogen and oxygen atoms in total. The molecule has 0 unspecified atom stereocenters. The maximum absolute atomic E-state index is 13.1. The van der Waals surface area contributed by atoms with Gasteiger partial charge in [0.05, 0.1) is 12.0 Å². The summed E-state index contributed by atoms with van der Waals surface area (Å²) in [5.41, 5.74) is -0.364. The van der Waals surface area contributed by atoms with E-state index in [1.807, 2.05) is 11.5 Å². The molecule has 3 aromatic heterocycles. The van der Waals surface area contributed by atoms with Crippen molar-refractivity contribution in [2.24, 2.45) is 5.92 Å². The Morgan fingerprint density at radius 3 is 2.75 bits per heavy atom. The number of aryl methyl sites for hydroxylation is 1. The Bertz CT molecular complexity index is 802. The number of hydrogen-bond acceptors (Lipinski definition) is 3. The molecule has 0 aromatic carbocycles. The van der Waals surface area contributed by atoms with Crippen molar-refractivity contribution in [2.45, 2.75) is 33.1 Å². The first-order valence-electron chi connectivity index (χ1n) is 7.51. The third kappa shape index (κ3) is 3.37. The van der Waals surface area contributed by atoms with Gasteiger partial charge in [0, 0.05) is 25.5 Å². The van der Waals surface area contributed by atoms with E-state index < -0.39 is 11.9 Å². The van der Waals surface area contributed by atoms with Gasteiger partial charge in [-0.25, -0.2) is 4.98 Å². The number of halogens is 3. The van der Waals surface area contributed by atoms with Crippen molar-refractivity contribution in [1.82, 2.24) is 19.3 Å². The van der Waals surface area contributed by atoms with Crippen LogP contribution in [-0.4, -0.2) is 19.3 Å². The Hall–Kier alpha value is -2.51. The highest BCUT2D eigenvalue weighted by Crippen LogP contribution is 2.30. The van der Waals surface area contributed by atoms with Crippen molar-refractivity contribution in [3.8, 4) is 11.6 Å². The maximum atomic E-state index is 13.1. The summed E-state index contributed by atoms with van der Waals surface area (Å²) in [6, 6.07) is 4.63. The van der Waals surface area contributed by atoms with Gasteiger partial charge in [0.15, 0.2) is 11.6 Å². The highest BCUT2D eigenvalue weighted by Gasteiger charge is 2.35. The minimum absolute atomic E-state index is 0.0756. The molecule has 1 atom stereocenters. The highest BCUT2D eigenvalue weighted by molar-refractivity contribution is 5.46. The van der Waals surface area contributed by atoms with Gasteiger partial charge in [-0.15, -0.1) is 0 Å². The Morgan fingerprint density at radius 1 is 1.29 bits per heavy atom. The fraction of sp³-hybridized carbons (Fsp3) is 0.375. The van der Waals surface area contributed by atoms with Gasteiger partial charge in [-0.3, -0.25) is 4.68 Å². The zero-order valence-electron chi connectivity index (χ0n) is 13.3. The molecule has 0 N–H and O–H groups in total. The van der Waals surface area contributed by atoms with E-state index in [2.05, 4.69) is 10.1 Å². The van der Waals surface area contributed by atoms with Crippen LogP contribution in [0.15, 0.2) is 41.3 Å². The molecule has 24 heavy (non-hydrogen) atoms. The van der Waals surface area contributed by atoms with E-state index in [0.717, 1.165) is 10.7 Å². The van der Waals surface area contributed by atoms with Crippen LogP contribution in [0.1, 0.15) is 18.3 Å². The molecular weight excluding hydrogens is 321 g/mol. The monoisotopic (exact) mass is 338 g/mol. The van der Waals surface area contributed by atoms with Gasteiger partial charge in [-0.05, 0) is 31.0 Å². The number of imidazole rings is 1. The summed E-state index contributed by atoms with van der Waals surface area (Å²) in [6.07, 6.45) is 0.576. The van der Waals surface area contributed by atoms with Crippen molar-refractivity contribution in [3.05, 3.63) is 48.2 Å². The van der Waals surface area contributed by atoms with Crippen LogP contribution in [0.4, 0.5) is 13.2 Å². The average Bonchev–Trinajstić information content (AvgIpc) is 3.17. The molecule has 0 aliphatic carbocycles. The van der Waals surface area contributed by atoms with Crippen molar-refractivity contribution >= 4 is 0 Å². The first kappa shape index (κ1) is 16.4. The fourth-order valence-electron chi connectivity index (χ4n) is 2.69. The van der Waals surface area contributed by atoms with Crippen molar-refractivity contribution in [3.63, 3.8) is 0 Å². The summed E-state index contributed by atoms with van der Waals surface area (Å²) in [5, 5.41) is 3.97. The van der Waals surface area contributed by atoms with E-state index in [9.17, 15) is 13.2 Å². The summed E-state index contributed by atoms with van der Waals surface area (Å²) in [4.78, 5) is 4.25. The molecule has 0 saturated carbocycles. The van der Waals surface area contributed by atoms with Crippen LogP contribution in [0.25, 0.3) is 11.6 Å². The molecule has 0 bridgehead atoms. The van der Waals surface area contributed by atoms with Crippen LogP contribution in [0.2, 0.25) is 0 Å². The van der Waals surface area contributed by atoms with Crippen LogP contribution in [0, 0.1) is 12.8 Å². The van der Waals surface area contributed by atoms with E-state index in [0.29, 0.717) is 23.8 Å². The van der Waals surface area contributed by atoms with E-state index >= 15 is 0 Å². The second-order valence-electron chi connectivity index (χ2n) is 5.84. The number of hydrogen-bond donors (Lipinski definition) is 0. The Balaban J connectivity index is 1.76. The van der Waals surface area contributed by atoms with Gasteiger partial charge in [0.1, 0.15) is 5.69 Å². The number of alkyl halides is 3. The van der Waals surface area contributed by atoms with E-state index in [4.69, 9.17) is 4.42 Å². The minimum atomic E-state index is -4.41. The van der Waals surface area contributed by atoms with Crippen LogP contribution in [0.5, 0.6) is 0 Å². The molecule has 0 radical (unpaired) electrons. The average molecular weight is 338 g/mol. The maximum Gasteiger partial charge on any atom is 0.433 e. The van der Waals surface area contributed by atoms with Gasteiger partial charge >= 0.3 is 6.18 Å². The van der Waals surface area contributed by atoms with Gasteiger partial charge in [0.25, 0.3) is 0 Å². The first-order valence-corrected chi connectivity index (χ1v) is 7.51. The topological polar surface area (TPSA) is 48.8 Å². The van der Waals surface area contributed by atoms with Crippen LogP contribution in [0.3, 0.4) is 0 Å². The van der Waals surface area contributed by atoms with E-state index in [-0.39, 0.29) is 12.5 Å². The van der Waals surface area contributed by atoms with E-state index in [1.54, 1.807) is 37.7 Å². The SMILES string of the molecule is Cc1cc(C(F)(F)F)n(C[C@H](C)Cn2ccnc2-c2ccco2)n1. The van der Waals surface area contributed by atoms with Gasteiger partial charge < -0.3 is 8.98 Å². The standard InChI is InChI=1S/C16H17F3N4O/c1-11(10-23-14(16(17,18)19)8-12(2)21-23)9-22-6-5-20-15(22)13-4-3-7-24-13/h3-8,11H,9-10H2,1-2H3/t11-/m1/s1. The third-order valence-electron chi connectivity index (χ3n) is 3.64. The molecule has 3 rings (SSSR count). The number of aromatic nitrogens is 4. The van der Waals surface area contributed by atoms with Gasteiger partial charge in [-0.1, -0.05) is 6.92 Å². The zero-order chi connectivity index (χ0) is 17.3. The lowest BCUT2D eigenvalue weighted by atomic mass is 10.1. The van der Waals surface area contributed by atoms with Crippen LogP contribution >= 0.6 is 0 Å². The van der Waals surface area contributed by atoms with Crippen molar-refractivity contribution in [2.75, 3.05) is 0 Å². The van der Waals surface area contributed by atoms with E-state index in [1.165, 1.54) is 0 Å². The predicted octanol–water partition coefficient (Wildman–Crippen LogP) is 4.00. The fourth-order valence-corrected chi connectivity index (χ4v) is 2.69. The zero-order valence-corrected chi connectivity index (χ0v) is 13.3. The highest BCUT2D eigenvalue weighted by atomic mass is 19.4. The Kier molecular flexibility index (Phi) is 4.21. The lowest BCUT2D eigenvalue weighted by molar-refractivity contribution is -0.144. The second-order valence-corrected chi connectivity index (χ2v) is 5.84. The minimum Gasteiger partial charge on any atom is -0.461 e. The molecule has 3 heterocycles. The van der Waals surface area contributed by atoms with Crippen molar-refractivity contribution < 1.29 is 17.6 Å². The molecule has 128 valence electrons. The largest absolute Gasteiger partial charge is 0.461 e. The lowest BCUT2D eigenvalue weighted by Gasteiger charge is -2.16. The molecule has 8 heteroatoms. The molecule has 0 amide bonds. The summed E-state index contributed by atoms with van der Waals surface area (Å²) in [6.45, 7) is 4.11. The number of nitrogens with zero attached hydrogens (tertiary/aromatic N) is 4. The van der Waals surface area contributed by atoms with Gasteiger partial charge in [-0.2, -0.15) is 18.3 Å². The Labute approximate surface area is 136 Å². The van der Waals surface area contributed by atoms with Crippen LogP contribution in [-0.2, 0) is 19.3 Å². The number of furan rings is 1. The summed E-state index contributed by atoms with van der Waals surface area (Å²) < 4.78 is 47.4. The molecule has 0 aliphatic rings. The molecule has 3 aromatic rings. The quantitative estimate of drug-likeness (QED) is 0.706.